The van der Waals surface area contributed by atoms with Gasteiger partial charge >= 0.3 is 5.69 Å². The number of aryl methyl sites for hydroxylation is 3. The molecule has 4 rings (SSSR count). The first-order valence-electron chi connectivity index (χ1n) is 9.78. The fourth-order valence-corrected chi connectivity index (χ4v) is 5.41. The number of amides is 1. The van der Waals surface area contributed by atoms with Gasteiger partial charge in [0, 0.05) is 38.4 Å². The van der Waals surface area contributed by atoms with E-state index in [0.717, 1.165) is 18.4 Å². The second-order valence-corrected chi connectivity index (χ2v) is 9.58. The van der Waals surface area contributed by atoms with E-state index in [4.69, 9.17) is 0 Å². The van der Waals surface area contributed by atoms with E-state index in [1.807, 2.05) is 0 Å². The Morgan fingerprint density at radius 1 is 0.967 bits per heavy atom. The standard InChI is InChI=1S/C21H24N4O4S/c1-14-6-8-16(30(28,29)25-10-4-5-11-25)13-17(14)20(26)22-15-7-9-18-19(12-15)24(3)21(27)23(18)2/h6-9,12-13H,4-5,10-11H2,1-3H3,(H,22,26). The maximum absolute atomic E-state index is 12.9. The van der Waals surface area contributed by atoms with E-state index < -0.39 is 15.9 Å². The fourth-order valence-electron chi connectivity index (χ4n) is 3.87. The lowest BCUT2D eigenvalue weighted by molar-refractivity contribution is 0.102. The maximum atomic E-state index is 12.9. The molecule has 1 N–H and O–H groups in total. The van der Waals surface area contributed by atoms with E-state index in [9.17, 15) is 18.0 Å². The summed E-state index contributed by atoms with van der Waals surface area (Å²) in [6, 6.07) is 9.87. The highest BCUT2D eigenvalue weighted by molar-refractivity contribution is 7.89. The Labute approximate surface area is 174 Å². The Kier molecular flexibility index (Phi) is 5.03. The molecule has 1 fully saturated rings. The summed E-state index contributed by atoms with van der Waals surface area (Å²) in [4.78, 5) is 25.2. The summed E-state index contributed by atoms with van der Waals surface area (Å²) in [6.45, 7) is 2.78. The lowest BCUT2D eigenvalue weighted by Gasteiger charge is -2.17. The molecule has 0 atom stereocenters. The molecule has 1 aromatic heterocycles. The quantitative estimate of drug-likeness (QED) is 0.690. The second-order valence-electron chi connectivity index (χ2n) is 7.65. The molecule has 9 heteroatoms. The first-order chi connectivity index (χ1) is 14.2. The van der Waals surface area contributed by atoms with Gasteiger partial charge in [-0.3, -0.25) is 13.9 Å². The Morgan fingerprint density at radius 2 is 1.63 bits per heavy atom. The molecule has 0 bridgehead atoms. The van der Waals surface area contributed by atoms with Crippen LogP contribution in [0.2, 0.25) is 0 Å². The summed E-state index contributed by atoms with van der Waals surface area (Å²) in [5, 5.41) is 2.82. The van der Waals surface area contributed by atoms with Crippen LogP contribution in [0.3, 0.4) is 0 Å². The van der Waals surface area contributed by atoms with Crippen molar-refractivity contribution in [1.29, 1.82) is 0 Å². The largest absolute Gasteiger partial charge is 0.328 e. The number of aromatic nitrogens is 2. The number of nitrogens with one attached hydrogen (secondary N) is 1. The number of anilines is 1. The van der Waals surface area contributed by atoms with Crippen LogP contribution in [0.5, 0.6) is 0 Å². The van der Waals surface area contributed by atoms with E-state index in [1.165, 1.54) is 19.5 Å². The molecule has 0 unspecified atom stereocenters. The van der Waals surface area contributed by atoms with Crippen molar-refractivity contribution in [1.82, 2.24) is 13.4 Å². The highest BCUT2D eigenvalue weighted by atomic mass is 32.2. The van der Waals surface area contributed by atoms with Gasteiger partial charge in [0.05, 0.1) is 15.9 Å². The van der Waals surface area contributed by atoms with Gasteiger partial charge in [-0.25, -0.2) is 13.2 Å². The average molecular weight is 429 g/mol. The van der Waals surface area contributed by atoms with Crippen LogP contribution in [-0.2, 0) is 24.1 Å². The Hall–Kier alpha value is -2.91. The van der Waals surface area contributed by atoms with Crippen LogP contribution < -0.4 is 11.0 Å². The molecule has 2 heterocycles. The van der Waals surface area contributed by atoms with Crippen molar-refractivity contribution in [3.05, 3.63) is 58.0 Å². The molecule has 30 heavy (non-hydrogen) atoms. The number of hydrogen-bond acceptors (Lipinski definition) is 4. The Bertz CT molecular complexity index is 1310. The number of sulfonamides is 1. The topological polar surface area (TPSA) is 93.4 Å². The number of rotatable bonds is 4. The van der Waals surface area contributed by atoms with Gasteiger partial charge in [-0.2, -0.15) is 4.31 Å². The van der Waals surface area contributed by atoms with E-state index in [0.29, 0.717) is 35.4 Å². The van der Waals surface area contributed by atoms with Gasteiger partial charge in [0.1, 0.15) is 0 Å². The molecule has 1 aliphatic rings. The summed E-state index contributed by atoms with van der Waals surface area (Å²) < 4.78 is 30.2. The van der Waals surface area contributed by atoms with Gasteiger partial charge in [0.15, 0.2) is 0 Å². The zero-order chi connectivity index (χ0) is 21.6. The minimum atomic E-state index is -3.61. The van der Waals surface area contributed by atoms with Gasteiger partial charge in [-0.15, -0.1) is 0 Å². The summed E-state index contributed by atoms with van der Waals surface area (Å²) in [5.41, 5.74) is 2.82. The first kappa shape index (κ1) is 20.4. The molecular weight excluding hydrogens is 404 g/mol. The molecule has 158 valence electrons. The van der Waals surface area contributed by atoms with Gasteiger partial charge in [0.2, 0.25) is 10.0 Å². The van der Waals surface area contributed by atoms with Crippen LogP contribution >= 0.6 is 0 Å². The maximum Gasteiger partial charge on any atom is 0.328 e. The van der Waals surface area contributed by atoms with Crippen molar-refractivity contribution in [2.24, 2.45) is 14.1 Å². The molecule has 0 saturated carbocycles. The minimum absolute atomic E-state index is 0.126. The first-order valence-corrected chi connectivity index (χ1v) is 11.2. The van der Waals surface area contributed by atoms with Gasteiger partial charge in [-0.05, 0) is 55.7 Å². The Morgan fingerprint density at radius 3 is 2.33 bits per heavy atom. The van der Waals surface area contributed by atoms with Crippen LogP contribution in [0.15, 0.2) is 46.1 Å². The molecule has 1 aliphatic heterocycles. The minimum Gasteiger partial charge on any atom is -0.322 e. The van der Waals surface area contributed by atoms with Crippen LogP contribution in [-0.4, -0.2) is 40.9 Å². The van der Waals surface area contributed by atoms with Crippen LogP contribution in [0.4, 0.5) is 5.69 Å². The SMILES string of the molecule is Cc1ccc(S(=O)(=O)N2CCCC2)cc1C(=O)Nc1ccc2c(c1)n(C)c(=O)n2C. The molecule has 2 aromatic carbocycles. The summed E-state index contributed by atoms with van der Waals surface area (Å²) in [7, 11) is -0.242. The second kappa shape index (κ2) is 7.41. The fraction of sp³-hybridized carbons (Fsp3) is 0.333. The molecular formula is C21H24N4O4S. The van der Waals surface area contributed by atoms with Crippen molar-refractivity contribution >= 4 is 32.7 Å². The van der Waals surface area contributed by atoms with Crippen molar-refractivity contribution < 1.29 is 13.2 Å². The predicted molar refractivity (Wildman–Crippen MR) is 115 cm³/mol. The average Bonchev–Trinajstić information content (AvgIpc) is 3.33. The number of nitrogens with zero attached hydrogens (tertiary/aromatic N) is 3. The normalized spacial score (nSPS) is 15.0. The van der Waals surface area contributed by atoms with Gasteiger partial charge < -0.3 is 5.32 Å². The van der Waals surface area contributed by atoms with Crippen LogP contribution in [0, 0.1) is 6.92 Å². The number of hydrogen-bond donors (Lipinski definition) is 1. The number of carbonyl (C=O) groups excluding carboxylic acids is 1. The monoisotopic (exact) mass is 428 g/mol. The summed E-state index contributed by atoms with van der Waals surface area (Å²) >= 11 is 0. The van der Waals surface area contributed by atoms with Crippen LogP contribution in [0.1, 0.15) is 28.8 Å². The molecule has 0 aliphatic carbocycles. The smallest absolute Gasteiger partial charge is 0.322 e. The summed E-state index contributed by atoms with van der Waals surface area (Å²) in [5.74, 6) is -0.397. The molecule has 0 spiro atoms. The van der Waals surface area contributed by atoms with E-state index in [1.54, 1.807) is 51.4 Å². The highest BCUT2D eigenvalue weighted by Gasteiger charge is 2.28. The van der Waals surface area contributed by atoms with Crippen molar-refractivity contribution in [3.8, 4) is 0 Å². The number of carbonyl (C=O) groups is 1. The lowest BCUT2D eigenvalue weighted by atomic mass is 10.1. The van der Waals surface area contributed by atoms with E-state index >= 15 is 0 Å². The number of imidazole rings is 1. The lowest BCUT2D eigenvalue weighted by Crippen LogP contribution is -2.28. The van der Waals surface area contributed by atoms with Crippen molar-refractivity contribution in [3.63, 3.8) is 0 Å². The van der Waals surface area contributed by atoms with Crippen LogP contribution in [0.25, 0.3) is 11.0 Å². The predicted octanol–water partition coefficient (Wildman–Crippen LogP) is 2.22. The van der Waals surface area contributed by atoms with E-state index in [2.05, 4.69) is 5.32 Å². The van der Waals surface area contributed by atoms with Gasteiger partial charge in [0.25, 0.3) is 5.91 Å². The van der Waals surface area contributed by atoms with E-state index in [-0.39, 0.29) is 10.6 Å². The van der Waals surface area contributed by atoms with Crippen molar-refractivity contribution in [2.75, 3.05) is 18.4 Å². The molecule has 1 saturated heterocycles. The third-order valence-electron chi connectivity index (χ3n) is 5.69. The third-order valence-corrected chi connectivity index (χ3v) is 7.58. The summed E-state index contributed by atoms with van der Waals surface area (Å²) in [6.07, 6.45) is 1.70. The zero-order valence-corrected chi connectivity index (χ0v) is 18.0. The Balaban J connectivity index is 1.66. The van der Waals surface area contributed by atoms with Crippen molar-refractivity contribution in [2.45, 2.75) is 24.7 Å². The molecule has 0 radical (unpaired) electrons. The molecule has 3 aromatic rings. The molecule has 8 nitrogen and oxygen atoms in total. The molecule has 1 amide bonds. The third kappa shape index (κ3) is 3.33. The number of fused-ring (bicyclic) bond motifs is 1. The van der Waals surface area contributed by atoms with Gasteiger partial charge in [-0.1, -0.05) is 6.07 Å². The zero-order valence-electron chi connectivity index (χ0n) is 17.2. The number of benzene rings is 2. The highest BCUT2D eigenvalue weighted by Crippen LogP contribution is 2.24.